The minimum absolute atomic E-state index is 0. The van der Waals surface area contributed by atoms with Crippen molar-refractivity contribution in [2.75, 3.05) is 13.1 Å². The lowest BCUT2D eigenvalue weighted by atomic mass is 10.0. The molecule has 3 N–H and O–H groups in total. The molecule has 0 fully saturated rings. The van der Waals surface area contributed by atoms with Gasteiger partial charge in [0.15, 0.2) is 5.96 Å². The van der Waals surface area contributed by atoms with E-state index in [4.69, 9.17) is 4.42 Å². The number of furan rings is 1. The number of guanidine groups is 1. The van der Waals surface area contributed by atoms with Crippen molar-refractivity contribution in [3.63, 3.8) is 0 Å². The summed E-state index contributed by atoms with van der Waals surface area (Å²) in [5.74, 6) is 1.92. The third-order valence-corrected chi connectivity index (χ3v) is 4.25. The van der Waals surface area contributed by atoms with Gasteiger partial charge < -0.3 is 20.2 Å². The second-order valence-corrected chi connectivity index (χ2v) is 6.74. The molecule has 0 amide bonds. The van der Waals surface area contributed by atoms with Crippen LogP contribution in [0.5, 0.6) is 0 Å². The molecule has 2 aromatic heterocycles. The molecule has 0 saturated heterocycles. The van der Waals surface area contributed by atoms with Crippen molar-refractivity contribution in [2.45, 2.75) is 32.9 Å². The van der Waals surface area contributed by atoms with Gasteiger partial charge in [-0.15, -0.1) is 24.0 Å². The lowest BCUT2D eigenvalue weighted by Gasteiger charge is -2.22. The van der Waals surface area contributed by atoms with Gasteiger partial charge in [-0.1, -0.05) is 12.1 Å². The molecule has 9 heteroatoms. The van der Waals surface area contributed by atoms with E-state index in [9.17, 15) is 5.11 Å². The number of aliphatic hydroxyl groups is 1. The third-order valence-electron chi connectivity index (χ3n) is 4.25. The zero-order chi connectivity index (χ0) is 20.0. The molecule has 29 heavy (non-hydrogen) atoms. The van der Waals surface area contributed by atoms with E-state index in [1.54, 1.807) is 24.0 Å². The van der Waals surface area contributed by atoms with E-state index in [1.165, 1.54) is 6.33 Å². The largest absolute Gasteiger partial charge is 0.463 e. The summed E-state index contributed by atoms with van der Waals surface area (Å²) in [6, 6.07) is 11.6. The highest BCUT2D eigenvalue weighted by molar-refractivity contribution is 14.0. The van der Waals surface area contributed by atoms with Crippen molar-refractivity contribution in [2.24, 2.45) is 4.99 Å². The molecule has 0 saturated carbocycles. The molecule has 0 aliphatic heterocycles. The molecular weight excluding hydrogens is 483 g/mol. The first-order chi connectivity index (χ1) is 13.5. The van der Waals surface area contributed by atoms with Crippen LogP contribution in [0, 0.1) is 6.92 Å². The lowest BCUT2D eigenvalue weighted by Crippen LogP contribution is -2.44. The number of benzene rings is 1. The summed E-state index contributed by atoms with van der Waals surface area (Å²) in [6.45, 7) is 7.07. The van der Waals surface area contributed by atoms with Crippen molar-refractivity contribution < 1.29 is 9.52 Å². The van der Waals surface area contributed by atoms with E-state index < -0.39 is 5.60 Å². The van der Waals surface area contributed by atoms with Crippen molar-refractivity contribution >= 4 is 29.9 Å². The summed E-state index contributed by atoms with van der Waals surface area (Å²) in [5, 5.41) is 21.2. The fourth-order valence-corrected chi connectivity index (χ4v) is 2.67. The summed E-state index contributed by atoms with van der Waals surface area (Å²) in [6.07, 6.45) is 3.16. The summed E-state index contributed by atoms with van der Waals surface area (Å²) >= 11 is 0. The second-order valence-electron chi connectivity index (χ2n) is 6.74. The Hall–Kier alpha value is -2.40. The molecule has 8 nitrogen and oxygen atoms in total. The quantitative estimate of drug-likeness (QED) is 0.257. The van der Waals surface area contributed by atoms with Crippen molar-refractivity contribution in [1.82, 2.24) is 25.4 Å². The number of halogens is 1. The fraction of sp³-hybridized carbons (Fsp3) is 0.350. The fourth-order valence-electron chi connectivity index (χ4n) is 2.67. The van der Waals surface area contributed by atoms with Gasteiger partial charge in [0.05, 0.1) is 18.8 Å². The van der Waals surface area contributed by atoms with Gasteiger partial charge >= 0.3 is 0 Å². The van der Waals surface area contributed by atoms with Gasteiger partial charge in [0.2, 0.25) is 0 Å². The number of aliphatic imine (C=N–C) groups is 1. The first kappa shape index (κ1) is 22.9. The van der Waals surface area contributed by atoms with Gasteiger partial charge in [-0.2, -0.15) is 5.10 Å². The van der Waals surface area contributed by atoms with Crippen molar-refractivity contribution in [3.05, 3.63) is 66.1 Å². The zero-order valence-electron chi connectivity index (χ0n) is 16.8. The highest BCUT2D eigenvalue weighted by Gasteiger charge is 2.27. The first-order valence-corrected chi connectivity index (χ1v) is 9.23. The third kappa shape index (κ3) is 6.29. The second kappa shape index (κ2) is 10.4. The minimum Gasteiger partial charge on any atom is -0.463 e. The summed E-state index contributed by atoms with van der Waals surface area (Å²) in [5.41, 5.74) is 0.874. The monoisotopic (exact) mass is 510 g/mol. The van der Waals surface area contributed by atoms with Crippen LogP contribution in [0.4, 0.5) is 0 Å². The highest BCUT2D eigenvalue weighted by Crippen LogP contribution is 2.21. The Morgan fingerprint density at radius 3 is 2.55 bits per heavy atom. The summed E-state index contributed by atoms with van der Waals surface area (Å²) in [4.78, 5) is 8.55. The Morgan fingerprint density at radius 2 is 1.97 bits per heavy atom. The maximum atomic E-state index is 10.7. The number of hydrogen-bond donors (Lipinski definition) is 3. The smallest absolute Gasteiger partial charge is 0.191 e. The maximum absolute atomic E-state index is 10.7. The number of nitrogens with one attached hydrogen (secondary N) is 2. The number of aryl methyl sites for hydroxylation is 1. The van der Waals surface area contributed by atoms with Gasteiger partial charge in [0, 0.05) is 6.54 Å². The molecule has 1 atom stereocenters. The molecule has 3 aromatic rings. The molecule has 0 spiro atoms. The SMILES string of the molecule is CCNC(=NCc1ccc(-n2cncn2)cc1)NCC(C)(O)c1ccc(C)o1.I. The van der Waals surface area contributed by atoms with Crippen LogP contribution < -0.4 is 10.6 Å². The van der Waals surface area contributed by atoms with Crippen LogP contribution in [-0.4, -0.2) is 38.9 Å². The van der Waals surface area contributed by atoms with Crippen molar-refractivity contribution in [1.29, 1.82) is 0 Å². The van der Waals surface area contributed by atoms with E-state index in [0.717, 1.165) is 23.6 Å². The van der Waals surface area contributed by atoms with Crippen LogP contribution in [0.2, 0.25) is 0 Å². The Balaban J connectivity index is 0.00000300. The van der Waals surface area contributed by atoms with Crippen LogP contribution in [-0.2, 0) is 12.1 Å². The van der Waals surface area contributed by atoms with E-state index in [0.29, 0.717) is 18.3 Å². The highest BCUT2D eigenvalue weighted by atomic mass is 127. The van der Waals surface area contributed by atoms with Gasteiger partial charge in [0.25, 0.3) is 0 Å². The predicted molar refractivity (Wildman–Crippen MR) is 123 cm³/mol. The Morgan fingerprint density at radius 1 is 1.21 bits per heavy atom. The number of nitrogens with zero attached hydrogens (tertiary/aromatic N) is 4. The average Bonchev–Trinajstić information content (AvgIpc) is 3.37. The Kier molecular flexibility index (Phi) is 8.21. The molecule has 0 bridgehead atoms. The number of hydrogen-bond acceptors (Lipinski definition) is 5. The van der Waals surface area contributed by atoms with Gasteiger partial charge in [-0.25, -0.2) is 14.7 Å². The summed E-state index contributed by atoms with van der Waals surface area (Å²) < 4.78 is 7.26. The summed E-state index contributed by atoms with van der Waals surface area (Å²) in [7, 11) is 0. The van der Waals surface area contributed by atoms with Gasteiger partial charge in [-0.05, 0) is 50.6 Å². The van der Waals surface area contributed by atoms with E-state index in [-0.39, 0.29) is 30.5 Å². The van der Waals surface area contributed by atoms with E-state index in [1.807, 2.05) is 44.2 Å². The maximum Gasteiger partial charge on any atom is 0.191 e. The minimum atomic E-state index is -1.14. The van der Waals surface area contributed by atoms with Crippen LogP contribution in [0.1, 0.15) is 30.9 Å². The number of aromatic nitrogens is 3. The van der Waals surface area contributed by atoms with E-state index in [2.05, 4.69) is 25.7 Å². The molecule has 156 valence electrons. The van der Waals surface area contributed by atoms with Gasteiger partial charge in [0.1, 0.15) is 29.8 Å². The predicted octanol–water partition coefficient (Wildman–Crippen LogP) is 2.75. The van der Waals surface area contributed by atoms with Crippen LogP contribution >= 0.6 is 24.0 Å². The van der Waals surface area contributed by atoms with E-state index >= 15 is 0 Å². The molecule has 1 unspecified atom stereocenters. The average molecular weight is 510 g/mol. The van der Waals surface area contributed by atoms with Gasteiger partial charge in [-0.3, -0.25) is 0 Å². The molecule has 0 aliphatic carbocycles. The Bertz CT molecular complexity index is 903. The molecule has 3 rings (SSSR count). The topological polar surface area (TPSA) is 100 Å². The van der Waals surface area contributed by atoms with Crippen LogP contribution in [0.3, 0.4) is 0 Å². The van der Waals surface area contributed by atoms with Crippen molar-refractivity contribution in [3.8, 4) is 5.69 Å². The molecule has 0 aliphatic rings. The molecule has 2 heterocycles. The first-order valence-electron chi connectivity index (χ1n) is 9.23. The number of rotatable bonds is 7. The Labute approximate surface area is 187 Å². The van der Waals surface area contributed by atoms with Crippen LogP contribution in [0.25, 0.3) is 5.69 Å². The lowest BCUT2D eigenvalue weighted by molar-refractivity contribution is 0.0378. The van der Waals surface area contributed by atoms with Crippen LogP contribution in [0.15, 0.2) is 58.5 Å². The molecule has 1 aromatic carbocycles. The molecule has 0 radical (unpaired) electrons. The standard InChI is InChI=1S/C20H26N6O2.HI/c1-4-22-19(24-12-20(3,27)18-10-5-15(2)28-18)23-11-16-6-8-17(9-7-16)26-14-21-13-25-26;/h5-10,13-14,27H,4,11-12H2,1-3H3,(H2,22,23,24);1H. The normalized spacial score (nSPS) is 13.4. The zero-order valence-corrected chi connectivity index (χ0v) is 19.1. The molecular formula is C20H27IN6O2.